The molecule has 0 spiro atoms. The number of aliphatic hydroxyl groups is 1. The van der Waals surface area contributed by atoms with Gasteiger partial charge in [-0.1, -0.05) is 18.2 Å². The van der Waals surface area contributed by atoms with Crippen molar-refractivity contribution < 1.29 is 28.5 Å². The summed E-state index contributed by atoms with van der Waals surface area (Å²) in [4.78, 5) is 11.7. The first-order valence-corrected chi connectivity index (χ1v) is 6.23. The molecule has 1 aliphatic heterocycles. The Labute approximate surface area is 116 Å². The van der Waals surface area contributed by atoms with Crippen LogP contribution in [0.4, 0.5) is 4.39 Å². The van der Waals surface area contributed by atoms with Crippen LogP contribution in [-0.4, -0.2) is 49.0 Å². The van der Waals surface area contributed by atoms with Gasteiger partial charge in [0.1, 0.15) is 18.3 Å². The summed E-state index contributed by atoms with van der Waals surface area (Å²) in [5.41, 5.74) is -1.39. The van der Waals surface area contributed by atoms with E-state index in [0.717, 1.165) is 0 Å². The summed E-state index contributed by atoms with van der Waals surface area (Å²) >= 11 is 0. The zero-order valence-corrected chi connectivity index (χ0v) is 11.3. The SMILES string of the molecule is CO[C@@H]1O[C@H](COC(=O)c2ccccc2)[C@@H](F)[C@]1(C)O. The Morgan fingerprint density at radius 2 is 2.10 bits per heavy atom. The van der Waals surface area contributed by atoms with Gasteiger partial charge in [-0.3, -0.25) is 0 Å². The molecule has 0 bridgehead atoms. The van der Waals surface area contributed by atoms with Crippen molar-refractivity contribution >= 4 is 5.97 Å². The van der Waals surface area contributed by atoms with Crippen molar-refractivity contribution in [2.75, 3.05) is 13.7 Å². The van der Waals surface area contributed by atoms with Crippen LogP contribution in [0.1, 0.15) is 17.3 Å². The average molecular weight is 284 g/mol. The molecule has 20 heavy (non-hydrogen) atoms. The summed E-state index contributed by atoms with van der Waals surface area (Å²) in [7, 11) is 1.31. The number of esters is 1. The molecule has 0 radical (unpaired) electrons. The average Bonchev–Trinajstić information content (AvgIpc) is 2.68. The maximum atomic E-state index is 14.0. The van der Waals surface area contributed by atoms with Gasteiger partial charge in [-0.25, -0.2) is 9.18 Å². The van der Waals surface area contributed by atoms with Gasteiger partial charge in [-0.2, -0.15) is 0 Å². The highest BCUT2D eigenvalue weighted by molar-refractivity contribution is 5.89. The standard InChI is InChI=1S/C14H17FO5/c1-14(17)11(15)10(20-13(14)18-2)8-19-12(16)9-6-4-3-5-7-9/h3-7,10-11,13,17H,8H2,1-2H3/t10-,11-,13-,14+/m1/s1. The molecule has 1 aliphatic rings. The summed E-state index contributed by atoms with van der Waals surface area (Å²) in [5.74, 6) is -0.568. The van der Waals surface area contributed by atoms with E-state index in [4.69, 9.17) is 14.2 Å². The highest BCUT2D eigenvalue weighted by Crippen LogP contribution is 2.33. The van der Waals surface area contributed by atoms with Crippen LogP contribution in [0.15, 0.2) is 30.3 Å². The maximum absolute atomic E-state index is 14.0. The summed E-state index contributed by atoms with van der Waals surface area (Å²) < 4.78 is 29.1. The zero-order chi connectivity index (χ0) is 14.8. The molecule has 0 amide bonds. The van der Waals surface area contributed by atoms with E-state index in [1.807, 2.05) is 0 Å². The Bertz CT molecular complexity index is 462. The monoisotopic (exact) mass is 284 g/mol. The van der Waals surface area contributed by atoms with Crippen molar-refractivity contribution in [3.63, 3.8) is 0 Å². The number of ether oxygens (including phenoxy) is 3. The highest BCUT2D eigenvalue weighted by Gasteiger charge is 2.54. The number of methoxy groups -OCH3 is 1. The minimum absolute atomic E-state index is 0.287. The van der Waals surface area contributed by atoms with Gasteiger partial charge in [0.05, 0.1) is 5.56 Å². The van der Waals surface area contributed by atoms with Crippen molar-refractivity contribution in [1.29, 1.82) is 0 Å². The number of carbonyl (C=O) groups excluding carboxylic acids is 1. The third-order valence-corrected chi connectivity index (χ3v) is 3.26. The molecule has 1 N–H and O–H groups in total. The summed E-state index contributed by atoms with van der Waals surface area (Å²) in [6.07, 6.45) is -3.84. The van der Waals surface area contributed by atoms with E-state index in [9.17, 15) is 14.3 Å². The van der Waals surface area contributed by atoms with Gasteiger partial charge in [0.25, 0.3) is 0 Å². The molecule has 6 heteroatoms. The molecule has 0 aliphatic carbocycles. The second-order valence-corrected chi connectivity index (χ2v) is 4.83. The van der Waals surface area contributed by atoms with Crippen molar-refractivity contribution in [2.24, 2.45) is 0 Å². The van der Waals surface area contributed by atoms with Crippen LogP contribution in [0.2, 0.25) is 0 Å². The molecular weight excluding hydrogens is 267 g/mol. The van der Waals surface area contributed by atoms with E-state index in [2.05, 4.69) is 0 Å². The fraction of sp³-hybridized carbons (Fsp3) is 0.500. The molecule has 1 saturated heterocycles. The molecule has 0 aromatic heterocycles. The Balaban J connectivity index is 1.94. The molecule has 1 aromatic rings. The first kappa shape index (κ1) is 14.9. The molecule has 1 aromatic carbocycles. The van der Waals surface area contributed by atoms with Crippen molar-refractivity contribution in [1.82, 2.24) is 0 Å². The number of carbonyl (C=O) groups is 1. The van der Waals surface area contributed by atoms with Crippen LogP contribution >= 0.6 is 0 Å². The van der Waals surface area contributed by atoms with Gasteiger partial charge >= 0.3 is 5.97 Å². The minimum Gasteiger partial charge on any atom is -0.459 e. The maximum Gasteiger partial charge on any atom is 0.338 e. The molecule has 5 nitrogen and oxygen atoms in total. The molecule has 2 rings (SSSR count). The van der Waals surface area contributed by atoms with E-state index in [-0.39, 0.29) is 6.61 Å². The predicted octanol–water partition coefficient (Wildman–Crippen LogP) is 1.30. The Morgan fingerprint density at radius 1 is 1.45 bits per heavy atom. The highest BCUT2D eigenvalue weighted by atomic mass is 19.1. The molecule has 1 fully saturated rings. The van der Waals surface area contributed by atoms with E-state index < -0.39 is 30.1 Å². The number of hydrogen-bond donors (Lipinski definition) is 1. The van der Waals surface area contributed by atoms with E-state index in [0.29, 0.717) is 5.56 Å². The quantitative estimate of drug-likeness (QED) is 0.844. The van der Waals surface area contributed by atoms with E-state index in [1.54, 1.807) is 30.3 Å². The molecular formula is C14H17FO5. The molecule has 0 saturated carbocycles. The molecule has 1 heterocycles. The van der Waals surface area contributed by atoms with Crippen LogP contribution < -0.4 is 0 Å². The van der Waals surface area contributed by atoms with Gasteiger partial charge < -0.3 is 19.3 Å². The molecule has 4 atom stereocenters. The van der Waals surface area contributed by atoms with Crippen LogP contribution in [-0.2, 0) is 14.2 Å². The normalized spacial score (nSPS) is 33.1. The number of alkyl halides is 1. The smallest absolute Gasteiger partial charge is 0.338 e. The van der Waals surface area contributed by atoms with Gasteiger partial charge in [0, 0.05) is 7.11 Å². The summed E-state index contributed by atoms with van der Waals surface area (Å²) in [5, 5.41) is 9.91. The van der Waals surface area contributed by atoms with Crippen LogP contribution in [0.25, 0.3) is 0 Å². The number of rotatable bonds is 4. The molecule has 110 valence electrons. The van der Waals surface area contributed by atoms with Crippen molar-refractivity contribution in [3.8, 4) is 0 Å². The molecule has 0 unspecified atom stereocenters. The number of hydrogen-bond acceptors (Lipinski definition) is 5. The summed E-state index contributed by atoms with van der Waals surface area (Å²) in [6, 6.07) is 8.37. The summed E-state index contributed by atoms with van der Waals surface area (Å²) in [6.45, 7) is 0.996. The van der Waals surface area contributed by atoms with Gasteiger partial charge in [-0.05, 0) is 19.1 Å². The first-order valence-electron chi connectivity index (χ1n) is 6.23. The minimum atomic E-state index is -1.77. The van der Waals surface area contributed by atoms with Gasteiger partial charge in [-0.15, -0.1) is 0 Å². The topological polar surface area (TPSA) is 65.0 Å². The van der Waals surface area contributed by atoms with Crippen LogP contribution in [0.5, 0.6) is 0 Å². The second kappa shape index (κ2) is 5.87. The lowest BCUT2D eigenvalue weighted by atomic mass is 9.99. The number of halogens is 1. The zero-order valence-electron chi connectivity index (χ0n) is 11.3. The Kier molecular flexibility index (Phi) is 4.37. The fourth-order valence-electron chi connectivity index (χ4n) is 2.11. The van der Waals surface area contributed by atoms with Gasteiger partial charge in [0.2, 0.25) is 0 Å². The largest absolute Gasteiger partial charge is 0.459 e. The van der Waals surface area contributed by atoms with E-state index in [1.165, 1.54) is 14.0 Å². The Morgan fingerprint density at radius 3 is 2.65 bits per heavy atom. The van der Waals surface area contributed by atoms with Crippen molar-refractivity contribution in [3.05, 3.63) is 35.9 Å². The lowest BCUT2D eigenvalue weighted by Crippen LogP contribution is -2.44. The van der Waals surface area contributed by atoms with E-state index >= 15 is 0 Å². The third-order valence-electron chi connectivity index (χ3n) is 3.26. The third kappa shape index (κ3) is 2.82. The second-order valence-electron chi connectivity index (χ2n) is 4.83. The lowest BCUT2D eigenvalue weighted by Gasteiger charge is -2.23. The number of benzene rings is 1. The lowest BCUT2D eigenvalue weighted by molar-refractivity contribution is -0.185. The van der Waals surface area contributed by atoms with Gasteiger partial charge in [0.15, 0.2) is 12.5 Å². The van der Waals surface area contributed by atoms with Crippen LogP contribution in [0, 0.1) is 0 Å². The fourth-order valence-corrected chi connectivity index (χ4v) is 2.11. The van der Waals surface area contributed by atoms with Crippen molar-refractivity contribution in [2.45, 2.75) is 31.1 Å². The van der Waals surface area contributed by atoms with Crippen LogP contribution in [0.3, 0.4) is 0 Å². The Hall–Kier alpha value is -1.50. The predicted molar refractivity (Wildman–Crippen MR) is 67.9 cm³/mol. The first-order chi connectivity index (χ1) is 9.46.